The van der Waals surface area contributed by atoms with E-state index in [1.165, 1.54) is 32.1 Å². The zero-order valence-electron chi connectivity index (χ0n) is 15.1. The van der Waals surface area contributed by atoms with E-state index < -0.39 is 42.6 Å². The summed E-state index contributed by atoms with van der Waals surface area (Å²) in [6.45, 7) is 1.50. The lowest BCUT2D eigenvalue weighted by molar-refractivity contribution is -0.331. The van der Waals surface area contributed by atoms with Crippen LogP contribution in [0.4, 0.5) is 0 Å². The minimum Gasteiger partial charge on any atom is -0.394 e. The van der Waals surface area contributed by atoms with Crippen molar-refractivity contribution in [3.8, 4) is 0 Å². The first-order valence-electron chi connectivity index (χ1n) is 9.47. The molecule has 5 N–H and O–H groups in total. The van der Waals surface area contributed by atoms with Crippen molar-refractivity contribution in [2.24, 2.45) is 0 Å². The number of hydrogen-bond acceptors (Lipinski definition) is 7. The van der Waals surface area contributed by atoms with Crippen molar-refractivity contribution in [1.82, 2.24) is 0 Å². The summed E-state index contributed by atoms with van der Waals surface area (Å²) in [7, 11) is 0. The van der Waals surface area contributed by atoms with Gasteiger partial charge in [0.05, 0.1) is 6.61 Å². The van der Waals surface area contributed by atoms with Gasteiger partial charge in [-0.2, -0.15) is 0 Å². The van der Waals surface area contributed by atoms with Gasteiger partial charge in [0.15, 0.2) is 5.78 Å². The van der Waals surface area contributed by atoms with Crippen LogP contribution in [0.2, 0.25) is 0 Å². The van der Waals surface area contributed by atoms with Gasteiger partial charge in [-0.15, -0.1) is 0 Å². The van der Waals surface area contributed by atoms with Crippen LogP contribution in [0.1, 0.15) is 71.1 Å². The summed E-state index contributed by atoms with van der Waals surface area (Å²) < 4.78 is 5.01. The van der Waals surface area contributed by atoms with E-state index >= 15 is 0 Å². The lowest BCUT2D eigenvalue weighted by Crippen LogP contribution is -2.68. The molecule has 7 heteroatoms. The van der Waals surface area contributed by atoms with Crippen LogP contribution in [0.5, 0.6) is 0 Å². The number of ketones is 1. The Morgan fingerprint density at radius 3 is 1.96 bits per heavy atom. The molecule has 0 amide bonds. The van der Waals surface area contributed by atoms with E-state index in [4.69, 9.17) is 9.84 Å². The summed E-state index contributed by atoms with van der Waals surface area (Å²) in [5.74, 6) is -3.33. The molecule has 1 fully saturated rings. The minimum absolute atomic E-state index is 0.00432. The normalized spacial score (nSPS) is 32.7. The van der Waals surface area contributed by atoms with E-state index in [0.29, 0.717) is 6.42 Å². The third-order valence-electron chi connectivity index (χ3n) is 4.87. The van der Waals surface area contributed by atoms with Gasteiger partial charge in [0.25, 0.3) is 5.79 Å². The largest absolute Gasteiger partial charge is 0.394 e. The fourth-order valence-corrected chi connectivity index (χ4v) is 3.16. The Morgan fingerprint density at radius 2 is 1.44 bits per heavy atom. The van der Waals surface area contributed by atoms with Gasteiger partial charge in [0, 0.05) is 6.42 Å². The quantitative estimate of drug-likeness (QED) is 0.322. The molecular weight excluding hydrogens is 328 g/mol. The van der Waals surface area contributed by atoms with Crippen LogP contribution < -0.4 is 0 Å². The highest BCUT2D eigenvalue weighted by Gasteiger charge is 2.56. The van der Waals surface area contributed by atoms with Crippen LogP contribution in [-0.2, 0) is 9.53 Å². The summed E-state index contributed by atoms with van der Waals surface area (Å²) in [5.41, 5.74) is 0. The molecule has 1 aliphatic heterocycles. The third-order valence-corrected chi connectivity index (χ3v) is 4.87. The molecule has 148 valence electrons. The van der Waals surface area contributed by atoms with Gasteiger partial charge in [0.2, 0.25) is 0 Å². The van der Waals surface area contributed by atoms with Gasteiger partial charge in [-0.05, 0) is 6.42 Å². The highest BCUT2D eigenvalue weighted by atomic mass is 16.7. The highest BCUT2D eigenvalue weighted by Crippen LogP contribution is 2.30. The molecule has 5 atom stereocenters. The van der Waals surface area contributed by atoms with E-state index in [2.05, 4.69) is 6.92 Å². The number of rotatable bonds is 12. The van der Waals surface area contributed by atoms with Gasteiger partial charge in [-0.1, -0.05) is 58.3 Å². The summed E-state index contributed by atoms with van der Waals surface area (Å²) in [6, 6.07) is 0. The van der Waals surface area contributed by atoms with Gasteiger partial charge < -0.3 is 30.3 Å². The Kier molecular flexibility index (Phi) is 10.1. The van der Waals surface area contributed by atoms with Crippen molar-refractivity contribution in [3.63, 3.8) is 0 Å². The molecule has 7 nitrogen and oxygen atoms in total. The zero-order chi connectivity index (χ0) is 18.9. The molecule has 0 aromatic heterocycles. The molecule has 1 heterocycles. The van der Waals surface area contributed by atoms with Gasteiger partial charge in [0.1, 0.15) is 24.4 Å². The number of Topliss-reactive ketones (excluding diaryl/α,β-unsaturated/α-hetero) is 1. The first-order chi connectivity index (χ1) is 11.9. The average Bonchev–Trinajstić information content (AvgIpc) is 2.61. The first kappa shape index (κ1) is 22.5. The molecule has 25 heavy (non-hydrogen) atoms. The lowest BCUT2D eigenvalue weighted by atomic mass is 9.88. The molecule has 0 aliphatic carbocycles. The molecule has 0 spiro atoms. The van der Waals surface area contributed by atoms with Crippen molar-refractivity contribution in [2.45, 2.75) is 101 Å². The van der Waals surface area contributed by atoms with E-state index in [1.54, 1.807) is 0 Å². The molecule has 1 saturated heterocycles. The zero-order valence-corrected chi connectivity index (χ0v) is 15.1. The topological polar surface area (TPSA) is 127 Å². The van der Waals surface area contributed by atoms with Gasteiger partial charge in [-0.3, -0.25) is 4.79 Å². The first-order valence-corrected chi connectivity index (χ1v) is 9.47. The van der Waals surface area contributed by atoms with Gasteiger partial charge >= 0.3 is 0 Å². The Bertz CT molecular complexity index is 388. The number of ether oxygens (including phenoxy) is 1. The number of aliphatic hydroxyl groups is 5. The summed E-state index contributed by atoms with van der Waals surface area (Å²) in [5, 5.41) is 48.8. The monoisotopic (exact) mass is 362 g/mol. The predicted octanol–water partition coefficient (Wildman–Crippen LogP) is 0.639. The van der Waals surface area contributed by atoms with Crippen molar-refractivity contribution in [3.05, 3.63) is 0 Å². The summed E-state index contributed by atoms with van der Waals surface area (Å²) in [4.78, 5) is 12.2. The Labute approximate surface area is 149 Å². The van der Waals surface area contributed by atoms with Crippen molar-refractivity contribution in [2.75, 3.05) is 6.61 Å². The summed E-state index contributed by atoms with van der Waals surface area (Å²) >= 11 is 0. The van der Waals surface area contributed by atoms with Crippen LogP contribution in [0.25, 0.3) is 0 Å². The predicted molar refractivity (Wildman–Crippen MR) is 91.8 cm³/mol. The van der Waals surface area contributed by atoms with Crippen LogP contribution >= 0.6 is 0 Å². The SMILES string of the molecule is CCCCCCCCCCCC(=O)C1(O)OC(CO)C(O)C(O)C1O. The molecule has 0 radical (unpaired) electrons. The molecule has 1 aliphatic rings. The molecule has 0 saturated carbocycles. The third kappa shape index (κ3) is 6.27. The lowest BCUT2D eigenvalue weighted by Gasteiger charge is -2.44. The number of unbranched alkanes of at least 4 members (excludes halogenated alkanes) is 8. The number of carbonyl (C=O) groups is 1. The summed E-state index contributed by atoms with van der Waals surface area (Å²) in [6.07, 6.45) is 3.07. The van der Waals surface area contributed by atoms with Crippen LogP contribution in [0.3, 0.4) is 0 Å². The van der Waals surface area contributed by atoms with E-state index in [0.717, 1.165) is 19.3 Å². The maximum Gasteiger partial charge on any atom is 0.256 e. The minimum atomic E-state index is -2.59. The van der Waals surface area contributed by atoms with Crippen molar-refractivity contribution >= 4 is 5.78 Å². The Hall–Kier alpha value is -0.570. The van der Waals surface area contributed by atoms with Crippen molar-refractivity contribution in [1.29, 1.82) is 0 Å². The average molecular weight is 362 g/mol. The smallest absolute Gasteiger partial charge is 0.256 e. The van der Waals surface area contributed by atoms with E-state index in [1.807, 2.05) is 0 Å². The second-order valence-electron chi connectivity index (χ2n) is 6.96. The highest BCUT2D eigenvalue weighted by molar-refractivity contribution is 5.86. The standard InChI is InChI=1S/C18H34O7/c1-2-3-4-5-6-7-8-9-10-11-14(20)18(24)17(23)16(22)15(21)13(12-19)25-18/h13,15-17,19,21-24H,2-12H2,1H3. The molecular formula is C18H34O7. The Balaban J connectivity index is 2.33. The molecule has 0 aromatic rings. The van der Waals surface area contributed by atoms with Crippen LogP contribution in [-0.4, -0.2) is 68.1 Å². The van der Waals surface area contributed by atoms with Gasteiger partial charge in [-0.25, -0.2) is 0 Å². The molecule has 0 aromatic carbocycles. The van der Waals surface area contributed by atoms with Crippen LogP contribution in [0, 0.1) is 0 Å². The Morgan fingerprint density at radius 1 is 0.920 bits per heavy atom. The maximum atomic E-state index is 12.2. The number of aliphatic hydroxyl groups excluding tert-OH is 4. The second-order valence-corrected chi connectivity index (χ2v) is 6.96. The number of carbonyl (C=O) groups excluding carboxylic acids is 1. The number of hydrogen-bond donors (Lipinski definition) is 5. The fourth-order valence-electron chi connectivity index (χ4n) is 3.16. The maximum absolute atomic E-state index is 12.2. The van der Waals surface area contributed by atoms with Crippen molar-refractivity contribution < 1.29 is 35.1 Å². The fraction of sp³-hybridized carbons (Fsp3) is 0.944. The molecule has 1 rings (SSSR count). The van der Waals surface area contributed by atoms with Crippen LogP contribution in [0.15, 0.2) is 0 Å². The second kappa shape index (κ2) is 11.2. The molecule has 5 unspecified atom stereocenters. The van der Waals surface area contributed by atoms with E-state index in [-0.39, 0.29) is 6.42 Å². The van der Waals surface area contributed by atoms with E-state index in [9.17, 15) is 25.2 Å². The molecule has 0 bridgehead atoms.